The van der Waals surface area contributed by atoms with Gasteiger partial charge in [-0.1, -0.05) is 0 Å². The van der Waals surface area contributed by atoms with Crippen molar-refractivity contribution >= 4 is 30.0 Å². The number of aliphatic hydroxyl groups is 1. The second kappa shape index (κ2) is 8.17. The van der Waals surface area contributed by atoms with Crippen LogP contribution in [0.15, 0.2) is 0 Å². The number of anilines is 2. The van der Waals surface area contributed by atoms with Crippen LogP contribution in [-0.4, -0.2) is 51.2 Å². The van der Waals surface area contributed by atoms with Crippen molar-refractivity contribution in [3.63, 3.8) is 0 Å². The van der Waals surface area contributed by atoms with Gasteiger partial charge in [-0.15, -0.1) is 0 Å². The summed E-state index contributed by atoms with van der Waals surface area (Å²) in [7, 11) is 0. The number of aliphatic hydroxyl groups excluding tert-OH is 1. The zero-order valence-electron chi connectivity index (χ0n) is 15.9. The third-order valence-corrected chi connectivity index (χ3v) is 2.65. The van der Waals surface area contributed by atoms with E-state index in [0.29, 0.717) is 6.29 Å². The van der Waals surface area contributed by atoms with Crippen LogP contribution in [0.25, 0.3) is 0 Å². The van der Waals surface area contributed by atoms with E-state index in [4.69, 9.17) is 14.6 Å². The molecule has 1 heterocycles. The Bertz CT molecular complexity index is 670. The van der Waals surface area contributed by atoms with Gasteiger partial charge >= 0.3 is 12.2 Å². The fourth-order valence-electron chi connectivity index (χ4n) is 1.88. The minimum Gasteiger partial charge on any atom is -0.444 e. The first-order chi connectivity index (χ1) is 11.9. The highest BCUT2D eigenvalue weighted by Gasteiger charge is 2.25. The van der Waals surface area contributed by atoms with Gasteiger partial charge in [0.15, 0.2) is 17.8 Å². The second-order valence-corrected chi connectivity index (χ2v) is 7.43. The Hall–Kier alpha value is -2.62. The Labute approximate surface area is 151 Å². The molecule has 10 heteroatoms. The summed E-state index contributed by atoms with van der Waals surface area (Å²) >= 11 is 0. The fraction of sp³-hybridized carbons (Fsp3) is 0.625. The van der Waals surface area contributed by atoms with E-state index < -0.39 is 23.4 Å². The summed E-state index contributed by atoms with van der Waals surface area (Å²) < 4.78 is 11.5. The Morgan fingerprint density at radius 2 is 1.58 bits per heavy atom. The van der Waals surface area contributed by atoms with Crippen molar-refractivity contribution in [3.05, 3.63) is 5.69 Å². The van der Waals surface area contributed by atoms with Gasteiger partial charge in [-0.2, -0.15) is 5.10 Å². The molecule has 1 rings (SSSR count). The number of nitrogens with zero attached hydrogens (tertiary/aromatic N) is 2. The molecule has 0 unspecified atom stereocenters. The van der Waals surface area contributed by atoms with Crippen LogP contribution in [0.4, 0.5) is 21.1 Å². The number of aldehydes is 1. The lowest BCUT2D eigenvalue weighted by molar-refractivity contribution is 0.0619. The number of rotatable bonds is 5. The Balaban J connectivity index is 3.19. The molecule has 146 valence electrons. The molecular formula is C16H26N4O6. The molecule has 0 atom stereocenters. The Morgan fingerprint density at radius 1 is 1.08 bits per heavy atom. The maximum Gasteiger partial charge on any atom is 0.413 e. The van der Waals surface area contributed by atoms with Gasteiger partial charge < -0.3 is 14.6 Å². The molecular weight excluding hydrogens is 344 g/mol. The highest BCUT2D eigenvalue weighted by Crippen LogP contribution is 2.27. The number of carbonyl (C=O) groups excluding carboxylic acids is 3. The number of nitrogens with one attached hydrogen (secondary N) is 2. The predicted octanol–water partition coefficient (Wildman–Crippen LogP) is 2.38. The van der Waals surface area contributed by atoms with Gasteiger partial charge in [-0.05, 0) is 41.5 Å². The first kappa shape index (κ1) is 21.4. The normalized spacial score (nSPS) is 11.7. The van der Waals surface area contributed by atoms with Crippen molar-refractivity contribution in [1.29, 1.82) is 0 Å². The molecule has 3 N–H and O–H groups in total. The first-order valence-corrected chi connectivity index (χ1v) is 8.03. The smallest absolute Gasteiger partial charge is 0.413 e. The standard InChI is InChI=1S/C16H26N4O6/c1-15(2,3)25-13(23)17-11-10(9-22)19-20(7-8-21)12(11)18-14(24)26-16(4,5)6/h9,21H,7-8H2,1-6H3,(H,17,23)(H,18,24). The van der Waals surface area contributed by atoms with Gasteiger partial charge in [0.2, 0.25) is 0 Å². The SMILES string of the molecule is CC(C)(C)OC(=O)Nc1c(C=O)nn(CCO)c1NC(=O)OC(C)(C)C. The van der Waals surface area contributed by atoms with Crippen LogP contribution in [0.5, 0.6) is 0 Å². The highest BCUT2D eigenvalue weighted by atomic mass is 16.6. The Kier molecular flexibility index (Phi) is 6.73. The van der Waals surface area contributed by atoms with Crippen LogP contribution in [0.3, 0.4) is 0 Å². The third-order valence-electron chi connectivity index (χ3n) is 2.65. The van der Waals surface area contributed by atoms with Crippen LogP contribution < -0.4 is 10.6 Å². The van der Waals surface area contributed by atoms with Crippen molar-refractivity contribution in [3.8, 4) is 0 Å². The van der Waals surface area contributed by atoms with E-state index in [0.717, 1.165) is 0 Å². The first-order valence-electron chi connectivity index (χ1n) is 8.03. The lowest BCUT2D eigenvalue weighted by atomic mass is 10.2. The predicted molar refractivity (Wildman–Crippen MR) is 94.4 cm³/mol. The van der Waals surface area contributed by atoms with E-state index in [1.807, 2.05) is 0 Å². The van der Waals surface area contributed by atoms with Crippen LogP contribution in [0.2, 0.25) is 0 Å². The molecule has 26 heavy (non-hydrogen) atoms. The monoisotopic (exact) mass is 370 g/mol. The number of carbonyl (C=O) groups is 3. The highest BCUT2D eigenvalue weighted by molar-refractivity contribution is 6.00. The summed E-state index contributed by atoms with van der Waals surface area (Å²) in [4.78, 5) is 35.4. The topological polar surface area (TPSA) is 132 Å². The molecule has 0 fully saturated rings. The fourth-order valence-corrected chi connectivity index (χ4v) is 1.88. The number of aromatic nitrogens is 2. The number of amides is 2. The van der Waals surface area contributed by atoms with Gasteiger partial charge in [0.25, 0.3) is 0 Å². The maximum absolute atomic E-state index is 12.1. The summed E-state index contributed by atoms with van der Waals surface area (Å²) in [5.41, 5.74) is -1.69. The quantitative estimate of drug-likeness (QED) is 0.678. The lowest BCUT2D eigenvalue weighted by Crippen LogP contribution is -2.29. The summed E-state index contributed by atoms with van der Waals surface area (Å²) in [6.45, 7) is 9.81. The van der Waals surface area contributed by atoms with Crippen LogP contribution in [0, 0.1) is 0 Å². The van der Waals surface area contributed by atoms with Crippen molar-refractivity contribution in [2.24, 2.45) is 0 Å². The van der Waals surface area contributed by atoms with E-state index in [-0.39, 0.29) is 30.4 Å². The molecule has 0 aliphatic rings. The number of hydrogen-bond acceptors (Lipinski definition) is 7. The largest absolute Gasteiger partial charge is 0.444 e. The van der Waals surface area contributed by atoms with E-state index >= 15 is 0 Å². The summed E-state index contributed by atoms with van der Waals surface area (Å²) in [6, 6.07) is 0. The molecule has 0 saturated carbocycles. The number of ether oxygens (including phenoxy) is 2. The van der Waals surface area contributed by atoms with E-state index in [9.17, 15) is 14.4 Å². The molecule has 1 aromatic heterocycles. The van der Waals surface area contributed by atoms with Crippen molar-refractivity contribution in [2.45, 2.75) is 59.3 Å². The minimum absolute atomic E-state index is 0.00117. The maximum atomic E-state index is 12.1. The molecule has 0 aromatic carbocycles. The summed E-state index contributed by atoms with van der Waals surface area (Å²) in [5.74, 6) is 0.00117. The van der Waals surface area contributed by atoms with Crippen molar-refractivity contribution < 1.29 is 29.0 Å². The van der Waals surface area contributed by atoms with E-state index in [2.05, 4.69) is 15.7 Å². The van der Waals surface area contributed by atoms with Gasteiger partial charge in [0.05, 0.1) is 13.2 Å². The molecule has 0 spiro atoms. The second-order valence-electron chi connectivity index (χ2n) is 7.43. The number of hydrogen-bond donors (Lipinski definition) is 3. The van der Waals surface area contributed by atoms with Crippen LogP contribution in [-0.2, 0) is 16.0 Å². The van der Waals surface area contributed by atoms with Crippen LogP contribution in [0.1, 0.15) is 52.0 Å². The van der Waals surface area contributed by atoms with Gasteiger partial charge in [0.1, 0.15) is 16.9 Å². The molecule has 0 aliphatic heterocycles. The zero-order chi connectivity index (χ0) is 20.1. The molecule has 1 aromatic rings. The molecule has 0 radical (unpaired) electrons. The van der Waals surface area contributed by atoms with E-state index in [1.54, 1.807) is 41.5 Å². The summed E-state index contributed by atoms with van der Waals surface area (Å²) in [6.07, 6.45) is -1.21. The lowest BCUT2D eigenvalue weighted by Gasteiger charge is -2.21. The third kappa shape index (κ3) is 6.71. The zero-order valence-corrected chi connectivity index (χ0v) is 15.9. The summed E-state index contributed by atoms with van der Waals surface area (Å²) in [5, 5.41) is 18.0. The molecule has 2 amide bonds. The van der Waals surface area contributed by atoms with Crippen LogP contribution >= 0.6 is 0 Å². The molecule has 0 bridgehead atoms. The molecule has 10 nitrogen and oxygen atoms in total. The van der Waals surface area contributed by atoms with Gasteiger partial charge in [-0.3, -0.25) is 15.4 Å². The molecule has 0 saturated heterocycles. The minimum atomic E-state index is -0.823. The molecule has 0 aliphatic carbocycles. The van der Waals surface area contributed by atoms with E-state index in [1.165, 1.54) is 4.68 Å². The Morgan fingerprint density at radius 3 is 2.00 bits per heavy atom. The van der Waals surface area contributed by atoms with Crippen molar-refractivity contribution in [2.75, 3.05) is 17.2 Å². The van der Waals surface area contributed by atoms with Gasteiger partial charge in [-0.25, -0.2) is 14.3 Å². The average molecular weight is 370 g/mol. The van der Waals surface area contributed by atoms with Crippen molar-refractivity contribution in [1.82, 2.24) is 9.78 Å². The van der Waals surface area contributed by atoms with Gasteiger partial charge in [0, 0.05) is 0 Å². The average Bonchev–Trinajstić information content (AvgIpc) is 2.73.